The second-order valence-corrected chi connectivity index (χ2v) is 5.26. The third-order valence-corrected chi connectivity index (χ3v) is 3.77. The van der Waals surface area contributed by atoms with Crippen LogP contribution in [0.2, 0.25) is 0 Å². The number of amides is 2. The summed E-state index contributed by atoms with van der Waals surface area (Å²) in [6.45, 7) is 3.09. The molecule has 1 aliphatic rings. The minimum absolute atomic E-state index is 0.130. The molecule has 1 unspecified atom stereocenters. The van der Waals surface area contributed by atoms with Crippen LogP contribution in [0.25, 0.3) is 0 Å². The minimum atomic E-state index is -0.686. The molecule has 22 heavy (non-hydrogen) atoms. The van der Waals surface area contributed by atoms with Crippen LogP contribution in [0.5, 0.6) is 0 Å². The number of rotatable bonds is 3. The monoisotopic (exact) mass is 299 g/mol. The van der Waals surface area contributed by atoms with Crippen LogP contribution in [-0.4, -0.2) is 38.8 Å². The van der Waals surface area contributed by atoms with Gasteiger partial charge in [0.05, 0.1) is 6.20 Å². The van der Waals surface area contributed by atoms with Gasteiger partial charge in [-0.15, -0.1) is 5.10 Å². The van der Waals surface area contributed by atoms with E-state index in [9.17, 15) is 9.59 Å². The summed E-state index contributed by atoms with van der Waals surface area (Å²) in [5, 5.41) is 10.4. The first-order valence-corrected chi connectivity index (χ1v) is 7.14. The fraction of sp³-hybridized carbons (Fsp3) is 0.333. The minimum Gasteiger partial charge on any atom is -0.339 e. The molecule has 3 rings (SSSR count). The Labute approximate surface area is 127 Å². The molecule has 114 valence electrons. The number of nitrogens with zero attached hydrogens (tertiary/aromatic N) is 4. The summed E-state index contributed by atoms with van der Waals surface area (Å²) in [5.41, 5.74) is 2.08. The van der Waals surface area contributed by atoms with Crippen LogP contribution in [0, 0.1) is 0 Å². The number of aryl methyl sites for hydroxylation is 1. The molecule has 1 aromatic carbocycles. The van der Waals surface area contributed by atoms with E-state index in [1.54, 1.807) is 22.8 Å². The van der Waals surface area contributed by atoms with Crippen LogP contribution in [0.3, 0.4) is 0 Å². The zero-order chi connectivity index (χ0) is 15.7. The van der Waals surface area contributed by atoms with Crippen molar-refractivity contribution < 1.29 is 9.59 Å². The van der Waals surface area contributed by atoms with Gasteiger partial charge in [-0.25, -0.2) is 0 Å². The topological polar surface area (TPSA) is 80.1 Å². The van der Waals surface area contributed by atoms with Crippen LogP contribution in [0.4, 0.5) is 0 Å². The normalized spacial score (nSPS) is 17.3. The summed E-state index contributed by atoms with van der Waals surface area (Å²) in [4.78, 5) is 26.3. The molecule has 7 nitrogen and oxygen atoms in total. The SMILES string of the molecule is CCn1cc(C(=O)NC2C(=O)N(C)Cc3ccccc32)nn1. The van der Waals surface area contributed by atoms with Gasteiger partial charge in [0.1, 0.15) is 6.04 Å². The molecule has 1 N–H and O–H groups in total. The zero-order valence-corrected chi connectivity index (χ0v) is 12.5. The molecule has 1 aliphatic heterocycles. The van der Waals surface area contributed by atoms with E-state index < -0.39 is 11.9 Å². The molecule has 1 aromatic heterocycles. The van der Waals surface area contributed by atoms with Crippen molar-refractivity contribution in [2.24, 2.45) is 0 Å². The van der Waals surface area contributed by atoms with Gasteiger partial charge in [0.2, 0.25) is 5.91 Å². The predicted molar refractivity (Wildman–Crippen MR) is 78.8 cm³/mol. The average Bonchev–Trinajstić information content (AvgIpc) is 3.01. The van der Waals surface area contributed by atoms with Crippen molar-refractivity contribution in [3.05, 3.63) is 47.3 Å². The first-order chi connectivity index (χ1) is 10.6. The molecule has 7 heteroatoms. The van der Waals surface area contributed by atoms with Gasteiger partial charge >= 0.3 is 0 Å². The van der Waals surface area contributed by atoms with Gasteiger partial charge < -0.3 is 10.2 Å². The number of hydrogen-bond donors (Lipinski definition) is 1. The number of hydrogen-bond acceptors (Lipinski definition) is 4. The van der Waals surface area contributed by atoms with Crippen molar-refractivity contribution in [3.8, 4) is 0 Å². The van der Waals surface area contributed by atoms with E-state index in [0.717, 1.165) is 11.1 Å². The molecule has 0 spiro atoms. The second kappa shape index (κ2) is 5.59. The van der Waals surface area contributed by atoms with Gasteiger partial charge in [-0.3, -0.25) is 14.3 Å². The first-order valence-electron chi connectivity index (χ1n) is 7.14. The molecule has 0 aliphatic carbocycles. The van der Waals surface area contributed by atoms with Gasteiger partial charge in [0, 0.05) is 20.1 Å². The second-order valence-electron chi connectivity index (χ2n) is 5.26. The van der Waals surface area contributed by atoms with Gasteiger partial charge in [0.25, 0.3) is 5.91 Å². The van der Waals surface area contributed by atoms with E-state index in [2.05, 4.69) is 15.6 Å². The van der Waals surface area contributed by atoms with Crippen LogP contribution >= 0.6 is 0 Å². The fourth-order valence-electron chi connectivity index (χ4n) is 2.55. The number of benzene rings is 1. The van der Waals surface area contributed by atoms with Crippen LogP contribution in [-0.2, 0) is 17.9 Å². The van der Waals surface area contributed by atoms with Gasteiger partial charge in [-0.05, 0) is 18.1 Å². The number of nitrogens with one attached hydrogen (secondary N) is 1. The van der Waals surface area contributed by atoms with Gasteiger partial charge in [-0.1, -0.05) is 29.5 Å². The van der Waals surface area contributed by atoms with E-state index in [-0.39, 0.29) is 11.6 Å². The number of fused-ring (bicyclic) bond motifs is 1. The zero-order valence-electron chi connectivity index (χ0n) is 12.5. The van der Waals surface area contributed by atoms with Gasteiger partial charge in [-0.2, -0.15) is 0 Å². The van der Waals surface area contributed by atoms with Crippen LogP contribution in [0.15, 0.2) is 30.5 Å². The molecule has 0 saturated carbocycles. The number of aromatic nitrogens is 3. The van der Waals surface area contributed by atoms with Crippen molar-refractivity contribution in [2.45, 2.75) is 26.1 Å². The van der Waals surface area contributed by atoms with Crippen LogP contribution < -0.4 is 5.32 Å². The van der Waals surface area contributed by atoms with Crippen molar-refractivity contribution in [2.75, 3.05) is 7.05 Å². The van der Waals surface area contributed by atoms with Crippen molar-refractivity contribution in [1.82, 2.24) is 25.2 Å². The van der Waals surface area contributed by atoms with E-state index in [1.807, 2.05) is 31.2 Å². The lowest BCUT2D eigenvalue weighted by Gasteiger charge is -2.31. The predicted octanol–water partition coefficient (Wildman–Crippen LogP) is 0.741. The Morgan fingerprint density at radius 1 is 1.41 bits per heavy atom. The quantitative estimate of drug-likeness (QED) is 0.906. The van der Waals surface area contributed by atoms with E-state index in [0.29, 0.717) is 13.1 Å². The maximum absolute atomic E-state index is 12.4. The highest BCUT2D eigenvalue weighted by molar-refractivity contribution is 5.96. The molecule has 2 heterocycles. The summed E-state index contributed by atoms with van der Waals surface area (Å²) in [6, 6.07) is 6.94. The molecule has 0 fully saturated rings. The number of likely N-dealkylation sites (N-methyl/N-ethyl adjacent to an activating group) is 1. The van der Waals surface area contributed by atoms with E-state index >= 15 is 0 Å². The van der Waals surface area contributed by atoms with Crippen molar-refractivity contribution in [1.29, 1.82) is 0 Å². The highest BCUT2D eigenvalue weighted by Gasteiger charge is 2.32. The Hall–Kier alpha value is -2.70. The third kappa shape index (κ3) is 2.45. The summed E-state index contributed by atoms with van der Waals surface area (Å²) in [5.74, 6) is -0.530. The molecule has 2 aromatic rings. The molecular formula is C15H17N5O2. The van der Waals surface area contributed by atoms with Crippen LogP contribution in [0.1, 0.15) is 34.6 Å². The Bertz CT molecular complexity index is 724. The summed E-state index contributed by atoms with van der Waals surface area (Å²) >= 11 is 0. The third-order valence-electron chi connectivity index (χ3n) is 3.77. The smallest absolute Gasteiger partial charge is 0.274 e. The Balaban J connectivity index is 1.87. The Kier molecular flexibility index (Phi) is 3.62. The Morgan fingerprint density at radius 3 is 2.91 bits per heavy atom. The Morgan fingerprint density at radius 2 is 2.18 bits per heavy atom. The molecule has 1 atom stereocenters. The average molecular weight is 299 g/mol. The maximum Gasteiger partial charge on any atom is 0.274 e. The lowest BCUT2D eigenvalue weighted by molar-refractivity contribution is -0.133. The first kappa shape index (κ1) is 14.2. The lowest BCUT2D eigenvalue weighted by Crippen LogP contribution is -2.44. The molecular weight excluding hydrogens is 282 g/mol. The molecule has 0 radical (unpaired) electrons. The summed E-state index contributed by atoms with van der Waals surface area (Å²) in [6.07, 6.45) is 1.57. The highest BCUT2D eigenvalue weighted by Crippen LogP contribution is 2.26. The summed E-state index contributed by atoms with van der Waals surface area (Å²) in [7, 11) is 1.73. The largest absolute Gasteiger partial charge is 0.339 e. The fourth-order valence-corrected chi connectivity index (χ4v) is 2.55. The lowest BCUT2D eigenvalue weighted by atomic mass is 9.95. The number of carbonyl (C=O) groups excluding carboxylic acids is 2. The van der Waals surface area contributed by atoms with Gasteiger partial charge in [0.15, 0.2) is 5.69 Å². The molecule has 2 amide bonds. The highest BCUT2D eigenvalue weighted by atomic mass is 16.2. The van der Waals surface area contributed by atoms with E-state index in [4.69, 9.17) is 0 Å². The molecule has 0 bridgehead atoms. The standard InChI is InChI=1S/C15H17N5O2/c1-3-20-9-12(17-18-20)14(21)16-13-11-7-5-4-6-10(11)8-19(2)15(13)22/h4-7,9,13H,3,8H2,1-2H3,(H,16,21). The maximum atomic E-state index is 12.4. The summed E-state index contributed by atoms with van der Waals surface area (Å²) < 4.78 is 1.57. The number of carbonyl (C=O) groups is 2. The van der Waals surface area contributed by atoms with E-state index in [1.165, 1.54) is 0 Å². The van der Waals surface area contributed by atoms with Crippen molar-refractivity contribution in [3.63, 3.8) is 0 Å². The van der Waals surface area contributed by atoms with Crippen molar-refractivity contribution >= 4 is 11.8 Å². The molecule has 0 saturated heterocycles.